The molecule has 94 valence electrons. The summed E-state index contributed by atoms with van der Waals surface area (Å²) >= 11 is 1.01. The van der Waals surface area contributed by atoms with Crippen LogP contribution in [0.25, 0.3) is 0 Å². The van der Waals surface area contributed by atoms with Crippen LogP contribution in [0.3, 0.4) is 0 Å². The molecular weight excluding hydrogens is 244 g/mol. The van der Waals surface area contributed by atoms with E-state index in [1.807, 2.05) is 6.92 Å². The summed E-state index contributed by atoms with van der Waals surface area (Å²) in [6.45, 7) is 4.67. The largest absolute Gasteiger partial charge is 0.476 e. The van der Waals surface area contributed by atoms with Gasteiger partial charge in [0.1, 0.15) is 0 Å². The molecule has 1 atom stereocenters. The third-order valence-electron chi connectivity index (χ3n) is 1.87. The molecule has 6 nitrogen and oxygen atoms in total. The minimum absolute atomic E-state index is 0.113. The maximum absolute atomic E-state index is 11.6. The predicted molar refractivity (Wildman–Crippen MR) is 62.5 cm³/mol. The van der Waals surface area contributed by atoms with E-state index in [0.717, 1.165) is 11.3 Å². The van der Waals surface area contributed by atoms with Gasteiger partial charge in [-0.2, -0.15) is 0 Å². The normalized spacial score (nSPS) is 12.1. The average Bonchev–Trinajstić information content (AvgIpc) is 2.75. The van der Waals surface area contributed by atoms with Gasteiger partial charge >= 0.3 is 5.97 Å². The fourth-order valence-corrected chi connectivity index (χ4v) is 1.79. The summed E-state index contributed by atoms with van der Waals surface area (Å²) in [6.07, 6.45) is 0. The Balaban J connectivity index is 2.54. The molecule has 0 aromatic carbocycles. The second-order valence-electron chi connectivity index (χ2n) is 3.38. The summed E-state index contributed by atoms with van der Waals surface area (Å²) in [5.41, 5.74) is -0.113. The molecule has 0 saturated carbocycles. The molecule has 1 heterocycles. The number of thiazole rings is 1. The van der Waals surface area contributed by atoms with Crippen LogP contribution >= 0.6 is 11.3 Å². The van der Waals surface area contributed by atoms with Crippen LogP contribution in [0.1, 0.15) is 34.1 Å². The van der Waals surface area contributed by atoms with Crippen molar-refractivity contribution in [1.29, 1.82) is 0 Å². The van der Waals surface area contributed by atoms with E-state index in [-0.39, 0.29) is 22.7 Å². The van der Waals surface area contributed by atoms with E-state index in [1.165, 1.54) is 5.38 Å². The molecule has 0 aliphatic rings. The van der Waals surface area contributed by atoms with Crippen LogP contribution in [-0.4, -0.2) is 41.2 Å². The fraction of sp³-hybridized carbons (Fsp3) is 0.500. The van der Waals surface area contributed by atoms with Gasteiger partial charge in [0.05, 0.1) is 6.61 Å². The van der Waals surface area contributed by atoms with Crippen LogP contribution in [0.4, 0.5) is 0 Å². The molecule has 1 rings (SSSR count). The number of rotatable bonds is 6. The summed E-state index contributed by atoms with van der Waals surface area (Å²) < 4.78 is 5.15. The smallest absolute Gasteiger partial charge is 0.355 e. The summed E-state index contributed by atoms with van der Waals surface area (Å²) in [5, 5.41) is 12.8. The predicted octanol–water partition coefficient (Wildman–Crippen LogP) is 0.996. The minimum atomic E-state index is -1.14. The third kappa shape index (κ3) is 4.12. The molecule has 1 aromatic heterocycles. The maximum atomic E-state index is 11.6. The van der Waals surface area contributed by atoms with Gasteiger partial charge in [0, 0.05) is 18.0 Å². The lowest BCUT2D eigenvalue weighted by Crippen LogP contribution is -2.35. The van der Waals surface area contributed by atoms with E-state index in [0.29, 0.717) is 13.2 Å². The first-order valence-corrected chi connectivity index (χ1v) is 6.00. The molecule has 0 radical (unpaired) electrons. The van der Waals surface area contributed by atoms with E-state index >= 15 is 0 Å². The maximum Gasteiger partial charge on any atom is 0.355 e. The van der Waals surface area contributed by atoms with Crippen molar-refractivity contribution in [3.05, 3.63) is 16.1 Å². The highest BCUT2D eigenvalue weighted by atomic mass is 32.1. The van der Waals surface area contributed by atoms with Crippen LogP contribution in [0.5, 0.6) is 0 Å². The third-order valence-corrected chi connectivity index (χ3v) is 2.71. The van der Waals surface area contributed by atoms with Crippen molar-refractivity contribution in [2.75, 3.05) is 13.2 Å². The number of carbonyl (C=O) groups is 2. The van der Waals surface area contributed by atoms with Crippen molar-refractivity contribution in [2.45, 2.75) is 19.9 Å². The van der Waals surface area contributed by atoms with E-state index in [9.17, 15) is 9.59 Å². The summed E-state index contributed by atoms with van der Waals surface area (Å²) in [4.78, 5) is 25.9. The lowest BCUT2D eigenvalue weighted by molar-refractivity contribution is 0.0691. The Morgan fingerprint density at radius 2 is 2.35 bits per heavy atom. The number of hydrogen-bond donors (Lipinski definition) is 2. The number of carboxylic acid groups (broad SMARTS) is 1. The zero-order valence-electron chi connectivity index (χ0n) is 9.60. The second kappa shape index (κ2) is 6.31. The highest BCUT2D eigenvalue weighted by Gasteiger charge is 2.16. The number of hydrogen-bond acceptors (Lipinski definition) is 5. The van der Waals surface area contributed by atoms with Crippen molar-refractivity contribution in [1.82, 2.24) is 10.3 Å². The van der Waals surface area contributed by atoms with Gasteiger partial charge in [0.15, 0.2) is 10.7 Å². The molecule has 7 heteroatoms. The van der Waals surface area contributed by atoms with Gasteiger partial charge in [-0.25, -0.2) is 9.78 Å². The topological polar surface area (TPSA) is 88.5 Å². The quantitative estimate of drug-likeness (QED) is 0.794. The van der Waals surface area contributed by atoms with Crippen molar-refractivity contribution >= 4 is 23.2 Å². The number of aromatic nitrogens is 1. The van der Waals surface area contributed by atoms with Crippen molar-refractivity contribution in [3.8, 4) is 0 Å². The monoisotopic (exact) mass is 258 g/mol. The Morgan fingerprint density at radius 3 is 2.88 bits per heavy atom. The van der Waals surface area contributed by atoms with Crippen LogP contribution < -0.4 is 5.32 Å². The summed E-state index contributed by atoms with van der Waals surface area (Å²) in [5.74, 6) is -1.52. The molecule has 2 N–H and O–H groups in total. The van der Waals surface area contributed by atoms with E-state index in [1.54, 1.807) is 6.92 Å². The molecule has 0 bridgehead atoms. The van der Waals surface area contributed by atoms with Crippen molar-refractivity contribution in [3.63, 3.8) is 0 Å². The lowest BCUT2D eigenvalue weighted by Gasteiger charge is -2.12. The van der Waals surface area contributed by atoms with Crippen molar-refractivity contribution in [2.24, 2.45) is 0 Å². The van der Waals surface area contributed by atoms with Gasteiger partial charge in [-0.05, 0) is 13.8 Å². The number of carboxylic acids is 1. The first kappa shape index (κ1) is 13.6. The minimum Gasteiger partial charge on any atom is -0.476 e. The lowest BCUT2D eigenvalue weighted by atomic mass is 10.3. The highest BCUT2D eigenvalue weighted by Crippen LogP contribution is 2.09. The fourth-order valence-electron chi connectivity index (χ4n) is 1.10. The zero-order valence-corrected chi connectivity index (χ0v) is 10.4. The number of carbonyl (C=O) groups excluding carboxylic acids is 1. The molecule has 0 aliphatic heterocycles. The van der Waals surface area contributed by atoms with Gasteiger partial charge in [0.25, 0.3) is 5.91 Å². The van der Waals surface area contributed by atoms with Crippen LogP contribution in [0, 0.1) is 0 Å². The van der Waals surface area contributed by atoms with E-state index in [2.05, 4.69) is 10.3 Å². The average molecular weight is 258 g/mol. The number of nitrogens with zero attached hydrogens (tertiary/aromatic N) is 1. The molecule has 0 spiro atoms. The van der Waals surface area contributed by atoms with Crippen LogP contribution in [-0.2, 0) is 4.74 Å². The number of ether oxygens (including phenoxy) is 1. The summed E-state index contributed by atoms with van der Waals surface area (Å²) in [6, 6.07) is -0.139. The Kier molecular flexibility index (Phi) is 5.05. The molecule has 0 aliphatic carbocycles. The Hall–Kier alpha value is -1.47. The number of amides is 1. The van der Waals surface area contributed by atoms with E-state index in [4.69, 9.17) is 9.84 Å². The van der Waals surface area contributed by atoms with Crippen LogP contribution in [0.2, 0.25) is 0 Å². The molecule has 1 aromatic rings. The summed E-state index contributed by atoms with van der Waals surface area (Å²) in [7, 11) is 0. The standard InChI is InChI=1S/C10H14N2O4S/c1-3-16-4-6(2)11-8(13)9-12-7(5-17-9)10(14)15/h5-6H,3-4H2,1-2H3,(H,11,13)(H,14,15). The molecular formula is C10H14N2O4S. The molecule has 1 amide bonds. The molecule has 17 heavy (non-hydrogen) atoms. The molecule has 0 fully saturated rings. The number of aromatic carboxylic acids is 1. The highest BCUT2D eigenvalue weighted by molar-refractivity contribution is 7.11. The van der Waals surface area contributed by atoms with Gasteiger partial charge in [-0.1, -0.05) is 0 Å². The first-order valence-electron chi connectivity index (χ1n) is 5.12. The van der Waals surface area contributed by atoms with E-state index < -0.39 is 5.97 Å². The van der Waals surface area contributed by atoms with Crippen molar-refractivity contribution < 1.29 is 19.4 Å². The molecule has 0 saturated heterocycles. The zero-order chi connectivity index (χ0) is 12.8. The van der Waals surface area contributed by atoms with Gasteiger partial charge in [-0.3, -0.25) is 4.79 Å². The second-order valence-corrected chi connectivity index (χ2v) is 4.24. The van der Waals surface area contributed by atoms with Gasteiger partial charge in [-0.15, -0.1) is 11.3 Å². The Bertz CT molecular complexity index is 405. The van der Waals surface area contributed by atoms with Gasteiger partial charge < -0.3 is 15.2 Å². The Labute approximate surface area is 103 Å². The van der Waals surface area contributed by atoms with Crippen LogP contribution in [0.15, 0.2) is 5.38 Å². The SMILES string of the molecule is CCOCC(C)NC(=O)c1nc(C(=O)O)cs1. The van der Waals surface area contributed by atoms with Gasteiger partial charge in [0.2, 0.25) is 0 Å². The molecule has 1 unspecified atom stereocenters. The Morgan fingerprint density at radius 1 is 1.65 bits per heavy atom. The first-order chi connectivity index (χ1) is 8.04. The number of nitrogens with one attached hydrogen (secondary N) is 1.